The molecule has 1 aromatic carbocycles. The molecule has 0 bridgehead atoms. The summed E-state index contributed by atoms with van der Waals surface area (Å²) >= 11 is 3.42. The molecule has 1 aliphatic heterocycles. The van der Waals surface area contributed by atoms with Gasteiger partial charge in [0.1, 0.15) is 11.3 Å². The number of methoxy groups -OCH3 is 1. The van der Waals surface area contributed by atoms with Crippen LogP contribution in [0.5, 0.6) is 0 Å². The van der Waals surface area contributed by atoms with Crippen LogP contribution in [0.3, 0.4) is 0 Å². The molecule has 0 radical (unpaired) electrons. The van der Waals surface area contributed by atoms with E-state index in [1.165, 1.54) is 13.3 Å². The van der Waals surface area contributed by atoms with Gasteiger partial charge in [0.05, 0.1) is 19.2 Å². The Morgan fingerprint density at radius 3 is 2.85 bits per heavy atom. The van der Waals surface area contributed by atoms with Gasteiger partial charge in [-0.25, -0.2) is 9.78 Å². The third-order valence-corrected chi connectivity index (χ3v) is 6.02. The Kier molecular flexibility index (Phi) is 5.33. The summed E-state index contributed by atoms with van der Waals surface area (Å²) in [5.74, 6) is 0.569. The van der Waals surface area contributed by atoms with Crippen molar-refractivity contribution in [3.05, 3.63) is 64.3 Å². The van der Waals surface area contributed by atoms with Gasteiger partial charge in [-0.15, -0.1) is 0 Å². The molecule has 33 heavy (non-hydrogen) atoms. The number of amides is 2. The van der Waals surface area contributed by atoms with Crippen LogP contribution in [0, 0.1) is 6.92 Å². The molecule has 1 aliphatic rings. The van der Waals surface area contributed by atoms with Gasteiger partial charge in [0.2, 0.25) is 11.7 Å². The van der Waals surface area contributed by atoms with E-state index in [0.717, 1.165) is 10.0 Å². The number of anilines is 1. The number of hydrogen-bond donors (Lipinski definition) is 1. The molecule has 2 amide bonds. The highest BCUT2D eigenvalue weighted by Crippen LogP contribution is 2.29. The van der Waals surface area contributed by atoms with E-state index in [1.807, 2.05) is 37.3 Å². The van der Waals surface area contributed by atoms with E-state index >= 15 is 0 Å². The molecule has 0 aliphatic carbocycles. The molecule has 5 rings (SSSR count). The van der Waals surface area contributed by atoms with Gasteiger partial charge in [-0.1, -0.05) is 17.3 Å². The largest absolute Gasteiger partial charge is 0.453 e. The SMILES string of the molecule is COC(=O)N1CC(c2nc(-c3ccc(C)c(NC(=O)c4cnc5ccc(Br)cn45)c3)no2)C1. The Morgan fingerprint density at radius 1 is 1.24 bits per heavy atom. The first-order valence-corrected chi connectivity index (χ1v) is 10.9. The van der Waals surface area contributed by atoms with Gasteiger partial charge in [0, 0.05) is 35.0 Å². The number of imidazole rings is 1. The minimum atomic E-state index is -0.372. The highest BCUT2D eigenvalue weighted by molar-refractivity contribution is 9.10. The molecule has 1 N–H and O–H groups in total. The fraction of sp³-hybridized carbons (Fsp3) is 0.227. The third kappa shape index (κ3) is 3.95. The molecule has 0 saturated carbocycles. The van der Waals surface area contributed by atoms with Gasteiger partial charge in [-0.3, -0.25) is 9.20 Å². The minimum absolute atomic E-state index is 0.0237. The van der Waals surface area contributed by atoms with Crippen molar-refractivity contribution < 1.29 is 18.8 Å². The fourth-order valence-electron chi connectivity index (χ4n) is 3.64. The quantitative estimate of drug-likeness (QED) is 0.442. The number of halogens is 1. The highest BCUT2D eigenvalue weighted by atomic mass is 79.9. The van der Waals surface area contributed by atoms with Crippen molar-refractivity contribution in [2.24, 2.45) is 0 Å². The van der Waals surface area contributed by atoms with E-state index in [9.17, 15) is 9.59 Å². The number of carbonyl (C=O) groups is 2. The number of pyridine rings is 1. The lowest BCUT2D eigenvalue weighted by molar-refractivity contribution is 0.0804. The van der Waals surface area contributed by atoms with Crippen molar-refractivity contribution in [3.63, 3.8) is 0 Å². The maximum absolute atomic E-state index is 13.0. The summed E-state index contributed by atoms with van der Waals surface area (Å²) in [5, 5.41) is 7.03. The lowest BCUT2D eigenvalue weighted by Crippen LogP contribution is -2.48. The number of fused-ring (bicyclic) bond motifs is 1. The van der Waals surface area contributed by atoms with Crippen LogP contribution in [0.4, 0.5) is 10.5 Å². The van der Waals surface area contributed by atoms with Gasteiger partial charge in [-0.2, -0.15) is 4.98 Å². The van der Waals surface area contributed by atoms with E-state index in [0.29, 0.717) is 47.4 Å². The lowest BCUT2D eigenvalue weighted by atomic mass is 10.0. The number of hydrogen-bond acceptors (Lipinski definition) is 7. The van der Waals surface area contributed by atoms with E-state index < -0.39 is 0 Å². The summed E-state index contributed by atoms with van der Waals surface area (Å²) in [6.07, 6.45) is 2.96. The van der Waals surface area contributed by atoms with Crippen molar-refractivity contribution in [2.75, 3.05) is 25.5 Å². The molecule has 4 heterocycles. The molecule has 0 atom stereocenters. The number of aryl methyl sites for hydroxylation is 1. The van der Waals surface area contributed by atoms with Crippen molar-refractivity contribution in [1.29, 1.82) is 0 Å². The maximum Gasteiger partial charge on any atom is 0.409 e. The monoisotopic (exact) mass is 510 g/mol. The summed E-state index contributed by atoms with van der Waals surface area (Å²) < 4.78 is 12.7. The smallest absolute Gasteiger partial charge is 0.409 e. The van der Waals surface area contributed by atoms with Gasteiger partial charge in [0.25, 0.3) is 5.91 Å². The molecule has 1 saturated heterocycles. The minimum Gasteiger partial charge on any atom is -0.453 e. The van der Waals surface area contributed by atoms with Gasteiger partial charge in [-0.05, 0) is 46.6 Å². The standard InChI is InChI=1S/C22H19BrN6O4/c1-12-3-4-13(19-26-21(33-27-19)14-9-28(10-14)22(31)32-2)7-16(12)25-20(30)17-8-24-18-6-5-15(23)11-29(17)18/h3-8,11,14H,9-10H2,1-2H3,(H,25,30). The fourth-order valence-corrected chi connectivity index (χ4v) is 3.97. The summed E-state index contributed by atoms with van der Waals surface area (Å²) in [6.45, 7) is 2.85. The van der Waals surface area contributed by atoms with E-state index in [1.54, 1.807) is 15.5 Å². The third-order valence-electron chi connectivity index (χ3n) is 5.55. The summed E-state index contributed by atoms with van der Waals surface area (Å²) in [5.41, 5.74) is 3.32. The van der Waals surface area contributed by atoms with E-state index in [2.05, 4.69) is 36.4 Å². The Balaban J connectivity index is 1.35. The van der Waals surface area contributed by atoms with Crippen LogP contribution < -0.4 is 5.32 Å². The number of ether oxygens (including phenoxy) is 1. The Morgan fingerprint density at radius 2 is 2.06 bits per heavy atom. The Hall–Kier alpha value is -3.73. The molecule has 4 aromatic rings. The maximum atomic E-state index is 13.0. The predicted octanol–water partition coefficient (Wildman–Crippen LogP) is 3.87. The Bertz CT molecular complexity index is 1370. The summed E-state index contributed by atoms with van der Waals surface area (Å²) in [4.78, 5) is 34.8. The number of nitrogens with zero attached hydrogens (tertiary/aromatic N) is 5. The average molecular weight is 511 g/mol. The number of rotatable bonds is 4. The van der Waals surface area contributed by atoms with Gasteiger partial charge >= 0.3 is 6.09 Å². The molecular formula is C22H19BrN6O4. The van der Waals surface area contributed by atoms with Gasteiger partial charge in [0.15, 0.2) is 0 Å². The number of nitrogens with one attached hydrogen (secondary N) is 1. The number of carbonyl (C=O) groups excluding carboxylic acids is 2. The van der Waals surface area contributed by atoms with Crippen LogP contribution in [0.2, 0.25) is 0 Å². The topological polar surface area (TPSA) is 115 Å². The van der Waals surface area contributed by atoms with Crippen molar-refractivity contribution in [2.45, 2.75) is 12.8 Å². The van der Waals surface area contributed by atoms with E-state index in [4.69, 9.17) is 9.26 Å². The normalized spacial score (nSPS) is 13.7. The zero-order valence-electron chi connectivity index (χ0n) is 17.8. The first kappa shape index (κ1) is 21.1. The average Bonchev–Trinajstić information content (AvgIpc) is 3.41. The number of likely N-dealkylation sites (tertiary alicyclic amines) is 1. The van der Waals surface area contributed by atoms with Crippen LogP contribution in [-0.2, 0) is 4.74 Å². The number of benzene rings is 1. The number of aromatic nitrogens is 4. The van der Waals surface area contributed by atoms with E-state index in [-0.39, 0.29) is 17.9 Å². The van der Waals surface area contributed by atoms with Crippen LogP contribution in [0.25, 0.3) is 17.0 Å². The predicted molar refractivity (Wildman–Crippen MR) is 122 cm³/mol. The van der Waals surface area contributed by atoms with Crippen molar-refractivity contribution in [3.8, 4) is 11.4 Å². The molecule has 0 spiro atoms. The first-order valence-electron chi connectivity index (χ1n) is 10.1. The molecular weight excluding hydrogens is 492 g/mol. The first-order chi connectivity index (χ1) is 15.9. The lowest BCUT2D eigenvalue weighted by Gasteiger charge is -2.35. The molecule has 10 nitrogen and oxygen atoms in total. The second-order valence-corrected chi connectivity index (χ2v) is 8.65. The van der Waals surface area contributed by atoms with Crippen LogP contribution in [0.15, 0.2) is 51.7 Å². The molecule has 3 aromatic heterocycles. The second kappa shape index (κ2) is 8.32. The zero-order chi connectivity index (χ0) is 23.1. The van der Waals surface area contributed by atoms with Crippen LogP contribution >= 0.6 is 15.9 Å². The summed E-state index contributed by atoms with van der Waals surface area (Å²) in [6, 6.07) is 9.25. The molecule has 0 unspecified atom stereocenters. The Labute approximate surface area is 196 Å². The summed E-state index contributed by atoms with van der Waals surface area (Å²) in [7, 11) is 1.35. The molecule has 168 valence electrons. The highest BCUT2D eigenvalue weighted by Gasteiger charge is 2.36. The van der Waals surface area contributed by atoms with Gasteiger partial charge < -0.3 is 19.5 Å². The van der Waals surface area contributed by atoms with Crippen LogP contribution in [0.1, 0.15) is 27.9 Å². The molecule has 11 heteroatoms. The van der Waals surface area contributed by atoms with Crippen molar-refractivity contribution >= 4 is 39.3 Å². The molecule has 1 fully saturated rings. The van der Waals surface area contributed by atoms with Crippen LogP contribution in [-0.4, -0.2) is 56.6 Å². The van der Waals surface area contributed by atoms with Crippen molar-refractivity contribution in [1.82, 2.24) is 24.4 Å². The second-order valence-electron chi connectivity index (χ2n) is 7.73. The zero-order valence-corrected chi connectivity index (χ0v) is 19.4.